The van der Waals surface area contributed by atoms with Gasteiger partial charge in [-0.15, -0.1) is 0 Å². The van der Waals surface area contributed by atoms with Crippen molar-refractivity contribution in [3.8, 4) is 0 Å². The Balaban J connectivity index is 2.48. The topological polar surface area (TPSA) is 24.1 Å². The van der Waals surface area contributed by atoms with Crippen molar-refractivity contribution in [3.63, 3.8) is 0 Å². The average Bonchev–Trinajstić information content (AvgIpc) is 2.19. The molecule has 0 aliphatic carbocycles. The Hall–Kier alpha value is -1.23. The zero-order chi connectivity index (χ0) is 12.1. The van der Waals surface area contributed by atoms with Crippen molar-refractivity contribution in [3.05, 3.63) is 35.4 Å². The third-order valence-electron chi connectivity index (χ3n) is 1.86. The summed E-state index contributed by atoms with van der Waals surface area (Å²) in [6.45, 7) is 4.30. The predicted molar refractivity (Wildman–Crippen MR) is 64.1 cm³/mol. The van der Waals surface area contributed by atoms with E-state index in [4.69, 9.17) is 12.2 Å². The predicted octanol–water partition coefficient (Wildman–Crippen LogP) is 2.34. The smallest absolute Gasteiger partial charge is 0.166 e. The highest BCUT2D eigenvalue weighted by Gasteiger charge is 2.03. The molecule has 0 radical (unpaired) electrons. The van der Waals surface area contributed by atoms with E-state index in [1.165, 1.54) is 6.07 Å². The zero-order valence-corrected chi connectivity index (χ0v) is 10.00. The third-order valence-corrected chi connectivity index (χ3v) is 2.12. The Labute approximate surface area is 99.0 Å². The number of rotatable bonds is 3. The fraction of sp³-hybridized carbons (Fsp3) is 0.364. The largest absolute Gasteiger partial charge is 0.361 e. The van der Waals surface area contributed by atoms with Gasteiger partial charge in [-0.25, -0.2) is 8.78 Å². The fourth-order valence-electron chi connectivity index (χ4n) is 1.15. The second kappa shape index (κ2) is 5.75. The molecule has 1 aromatic rings. The molecule has 0 saturated heterocycles. The van der Waals surface area contributed by atoms with E-state index in [1.54, 1.807) is 0 Å². The maximum absolute atomic E-state index is 12.9. The summed E-state index contributed by atoms with van der Waals surface area (Å²) in [4.78, 5) is 0. The molecular formula is C11H14F2N2S. The molecule has 0 heterocycles. The van der Waals surface area contributed by atoms with Gasteiger partial charge in [0.15, 0.2) is 16.7 Å². The van der Waals surface area contributed by atoms with E-state index in [0.29, 0.717) is 17.2 Å². The van der Waals surface area contributed by atoms with E-state index in [2.05, 4.69) is 10.6 Å². The summed E-state index contributed by atoms with van der Waals surface area (Å²) in [5.74, 6) is -1.69. The van der Waals surface area contributed by atoms with E-state index in [9.17, 15) is 8.78 Å². The molecule has 2 N–H and O–H groups in total. The number of hydrogen-bond donors (Lipinski definition) is 2. The van der Waals surface area contributed by atoms with Gasteiger partial charge in [-0.2, -0.15) is 0 Å². The molecule has 2 nitrogen and oxygen atoms in total. The minimum atomic E-state index is -0.845. The standard InChI is InChI=1S/C11H14F2N2S/c1-7(2)15-11(16)14-6-8-3-4-9(12)10(13)5-8/h3-5,7H,6H2,1-2H3,(H2,14,15,16). The molecule has 1 aromatic carbocycles. The quantitative estimate of drug-likeness (QED) is 0.798. The SMILES string of the molecule is CC(C)NC(=S)NCc1ccc(F)c(F)c1. The molecule has 0 aliphatic rings. The fourth-order valence-corrected chi connectivity index (χ4v) is 1.45. The second-order valence-electron chi connectivity index (χ2n) is 3.73. The van der Waals surface area contributed by atoms with Crippen LogP contribution in [0.4, 0.5) is 8.78 Å². The minimum Gasteiger partial charge on any atom is -0.361 e. The third kappa shape index (κ3) is 4.10. The first kappa shape index (κ1) is 12.8. The Kier molecular flexibility index (Phi) is 4.61. The van der Waals surface area contributed by atoms with Gasteiger partial charge in [-0.1, -0.05) is 6.07 Å². The van der Waals surface area contributed by atoms with Crippen LogP contribution >= 0.6 is 12.2 Å². The Morgan fingerprint density at radius 2 is 2.00 bits per heavy atom. The summed E-state index contributed by atoms with van der Waals surface area (Å²) < 4.78 is 25.5. The molecule has 16 heavy (non-hydrogen) atoms. The molecule has 0 aliphatic heterocycles. The van der Waals surface area contributed by atoms with Gasteiger partial charge in [0, 0.05) is 12.6 Å². The van der Waals surface area contributed by atoms with Crippen molar-refractivity contribution in [2.45, 2.75) is 26.4 Å². The van der Waals surface area contributed by atoms with Crippen LogP contribution in [0, 0.1) is 11.6 Å². The lowest BCUT2D eigenvalue weighted by Gasteiger charge is -2.13. The van der Waals surface area contributed by atoms with Crippen LogP contribution in [0.1, 0.15) is 19.4 Å². The van der Waals surface area contributed by atoms with E-state index in [0.717, 1.165) is 12.1 Å². The number of halogens is 2. The van der Waals surface area contributed by atoms with Crippen LogP contribution in [0.2, 0.25) is 0 Å². The molecule has 0 aromatic heterocycles. The maximum atomic E-state index is 12.9. The van der Waals surface area contributed by atoms with Gasteiger partial charge in [0.2, 0.25) is 0 Å². The summed E-state index contributed by atoms with van der Waals surface area (Å²) >= 11 is 5.00. The van der Waals surface area contributed by atoms with Crippen molar-refractivity contribution in [2.75, 3.05) is 0 Å². The lowest BCUT2D eigenvalue weighted by Crippen LogP contribution is -2.38. The number of benzene rings is 1. The van der Waals surface area contributed by atoms with Crippen LogP contribution in [0.3, 0.4) is 0 Å². The Morgan fingerprint density at radius 1 is 1.31 bits per heavy atom. The van der Waals surface area contributed by atoms with Crippen LogP contribution in [-0.4, -0.2) is 11.2 Å². The Morgan fingerprint density at radius 3 is 2.56 bits per heavy atom. The highest BCUT2D eigenvalue weighted by Crippen LogP contribution is 2.08. The average molecular weight is 244 g/mol. The van der Waals surface area contributed by atoms with Gasteiger partial charge in [-0.05, 0) is 43.8 Å². The molecular weight excluding hydrogens is 230 g/mol. The van der Waals surface area contributed by atoms with Gasteiger partial charge < -0.3 is 10.6 Å². The molecule has 0 saturated carbocycles. The lowest BCUT2D eigenvalue weighted by molar-refractivity contribution is 0.507. The highest BCUT2D eigenvalue weighted by atomic mass is 32.1. The van der Waals surface area contributed by atoms with Crippen molar-refractivity contribution >= 4 is 17.3 Å². The van der Waals surface area contributed by atoms with Crippen LogP contribution in [0.15, 0.2) is 18.2 Å². The van der Waals surface area contributed by atoms with Crippen LogP contribution in [-0.2, 0) is 6.54 Å². The monoisotopic (exact) mass is 244 g/mol. The number of hydrogen-bond acceptors (Lipinski definition) is 1. The van der Waals surface area contributed by atoms with Crippen molar-refractivity contribution in [2.24, 2.45) is 0 Å². The first-order valence-corrected chi connectivity index (χ1v) is 5.38. The molecule has 1 rings (SSSR count). The van der Waals surface area contributed by atoms with E-state index in [-0.39, 0.29) is 6.04 Å². The molecule has 5 heteroatoms. The van der Waals surface area contributed by atoms with Gasteiger partial charge in [0.1, 0.15) is 0 Å². The molecule has 0 bridgehead atoms. The molecule has 0 spiro atoms. The summed E-state index contributed by atoms with van der Waals surface area (Å²) in [6.07, 6.45) is 0. The molecule has 0 unspecified atom stereocenters. The minimum absolute atomic E-state index is 0.241. The van der Waals surface area contributed by atoms with Crippen molar-refractivity contribution in [1.29, 1.82) is 0 Å². The summed E-state index contributed by atoms with van der Waals surface area (Å²) in [5.41, 5.74) is 0.645. The summed E-state index contributed by atoms with van der Waals surface area (Å²) in [5, 5.41) is 6.40. The van der Waals surface area contributed by atoms with Gasteiger partial charge >= 0.3 is 0 Å². The van der Waals surface area contributed by atoms with E-state index in [1.807, 2.05) is 13.8 Å². The first-order chi connectivity index (χ1) is 7.49. The first-order valence-electron chi connectivity index (χ1n) is 4.97. The molecule has 88 valence electrons. The summed E-state index contributed by atoms with van der Waals surface area (Å²) in [6, 6.07) is 4.01. The molecule has 0 fully saturated rings. The number of nitrogens with one attached hydrogen (secondary N) is 2. The normalized spacial score (nSPS) is 10.3. The zero-order valence-electron chi connectivity index (χ0n) is 9.18. The highest BCUT2D eigenvalue weighted by molar-refractivity contribution is 7.80. The molecule has 0 amide bonds. The molecule has 0 atom stereocenters. The number of thiocarbonyl (C=S) groups is 1. The van der Waals surface area contributed by atoms with Crippen LogP contribution < -0.4 is 10.6 Å². The van der Waals surface area contributed by atoms with Crippen LogP contribution in [0.25, 0.3) is 0 Å². The van der Waals surface area contributed by atoms with Crippen molar-refractivity contribution in [1.82, 2.24) is 10.6 Å². The van der Waals surface area contributed by atoms with E-state index < -0.39 is 11.6 Å². The van der Waals surface area contributed by atoms with Crippen molar-refractivity contribution < 1.29 is 8.78 Å². The van der Waals surface area contributed by atoms with Gasteiger partial charge in [-0.3, -0.25) is 0 Å². The van der Waals surface area contributed by atoms with Gasteiger partial charge in [0.25, 0.3) is 0 Å². The van der Waals surface area contributed by atoms with E-state index >= 15 is 0 Å². The lowest BCUT2D eigenvalue weighted by atomic mass is 10.2. The van der Waals surface area contributed by atoms with Gasteiger partial charge in [0.05, 0.1) is 0 Å². The van der Waals surface area contributed by atoms with Crippen LogP contribution in [0.5, 0.6) is 0 Å². The second-order valence-corrected chi connectivity index (χ2v) is 4.14. The Bertz CT molecular complexity index is 380. The maximum Gasteiger partial charge on any atom is 0.166 e. The summed E-state index contributed by atoms with van der Waals surface area (Å²) in [7, 11) is 0.